The number of hydrogen-bond acceptors (Lipinski definition) is 1. The minimum atomic E-state index is 0.749. The third kappa shape index (κ3) is 5.10. The smallest absolute Gasteiger partial charge is 0.0314 e. The molecular formula is C43H33N. The molecule has 0 aliphatic carbocycles. The molecule has 0 saturated heterocycles. The number of rotatable bonds is 6. The van der Waals surface area contributed by atoms with Gasteiger partial charge in [0.25, 0.3) is 0 Å². The van der Waals surface area contributed by atoms with Gasteiger partial charge >= 0.3 is 0 Å². The summed E-state index contributed by atoms with van der Waals surface area (Å²) in [6.07, 6.45) is 0. The van der Waals surface area contributed by atoms with Gasteiger partial charge in [0.15, 0.2) is 0 Å². The summed E-state index contributed by atoms with van der Waals surface area (Å²) in [7, 11) is 0. The average Bonchev–Trinajstić information content (AvgIpc) is 3.09. The van der Waals surface area contributed by atoms with Gasteiger partial charge in [0, 0.05) is 5.69 Å². The van der Waals surface area contributed by atoms with Crippen molar-refractivity contribution < 1.29 is 0 Å². The zero-order valence-electron chi connectivity index (χ0n) is 24.7. The molecule has 0 aromatic heterocycles. The van der Waals surface area contributed by atoms with Gasteiger partial charge in [0.2, 0.25) is 0 Å². The van der Waals surface area contributed by atoms with Crippen LogP contribution in [0.2, 0.25) is 0 Å². The molecule has 0 aliphatic heterocycles. The Bertz CT molecular complexity index is 1750. The zero-order chi connectivity index (χ0) is 29.9. The summed E-state index contributed by atoms with van der Waals surface area (Å²) in [6.45, 7) is 2.15. The van der Waals surface area contributed by atoms with E-state index in [0.29, 0.717) is 0 Å². The van der Waals surface area contributed by atoms with E-state index in [4.69, 9.17) is 5.73 Å². The highest BCUT2D eigenvalue weighted by atomic mass is 14.5. The molecule has 0 saturated carbocycles. The quantitative estimate of drug-likeness (QED) is 0.200. The second kappa shape index (κ2) is 11.9. The van der Waals surface area contributed by atoms with Crippen molar-refractivity contribution in [3.63, 3.8) is 0 Å². The first-order chi connectivity index (χ1) is 21.7. The Balaban J connectivity index is 1.81. The fourth-order valence-electron chi connectivity index (χ4n) is 6.27. The third-order valence-corrected chi connectivity index (χ3v) is 8.29. The van der Waals surface area contributed by atoms with Gasteiger partial charge in [0.1, 0.15) is 0 Å². The summed E-state index contributed by atoms with van der Waals surface area (Å²) in [4.78, 5) is 0. The Morgan fingerprint density at radius 3 is 0.773 bits per heavy atom. The third-order valence-electron chi connectivity index (χ3n) is 8.29. The highest BCUT2D eigenvalue weighted by Gasteiger charge is 2.28. The molecule has 2 N–H and O–H groups in total. The van der Waals surface area contributed by atoms with Crippen LogP contribution < -0.4 is 5.73 Å². The van der Waals surface area contributed by atoms with Crippen molar-refractivity contribution in [2.75, 3.05) is 5.73 Å². The van der Waals surface area contributed by atoms with Crippen molar-refractivity contribution in [1.82, 2.24) is 0 Å². The molecule has 7 aromatic carbocycles. The van der Waals surface area contributed by atoms with Crippen molar-refractivity contribution in [3.05, 3.63) is 175 Å². The van der Waals surface area contributed by atoms with Gasteiger partial charge in [-0.15, -0.1) is 0 Å². The van der Waals surface area contributed by atoms with Gasteiger partial charge < -0.3 is 5.73 Å². The van der Waals surface area contributed by atoms with Gasteiger partial charge in [0.05, 0.1) is 0 Å². The number of nitrogen functional groups attached to an aromatic ring is 1. The normalized spacial score (nSPS) is 10.9. The minimum Gasteiger partial charge on any atom is -0.399 e. The topological polar surface area (TPSA) is 26.0 Å². The summed E-state index contributed by atoms with van der Waals surface area (Å²) in [5.74, 6) is 0. The van der Waals surface area contributed by atoms with E-state index < -0.39 is 0 Å². The predicted octanol–water partition coefficient (Wildman–Crippen LogP) is 11.6. The number of hydrogen-bond donors (Lipinski definition) is 1. The van der Waals surface area contributed by atoms with Crippen LogP contribution in [0.1, 0.15) is 5.56 Å². The summed E-state index contributed by atoms with van der Waals surface area (Å²) in [5, 5.41) is 0. The van der Waals surface area contributed by atoms with Gasteiger partial charge in [-0.25, -0.2) is 0 Å². The van der Waals surface area contributed by atoms with Crippen molar-refractivity contribution >= 4 is 5.69 Å². The van der Waals surface area contributed by atoms with Crippen LogP contribution in [0.3, 0.4) is 0 Å². The Hall–Kier alpha value is -5.66. The predicted molar refractivity (Wildman–Crippen MR) is 188 cm³/mol. The Morgan fingerprint density at radius 2 is 0.500 bits per heavy atom. The lowest BCUT2D eigenvalue weighted by Crippen LogP contribution is -2.02. The molecule has 0 fully saturated rings. The molecule has 0 spiro atoms. The van der Waals surface area contributed by atoms with Crippen LogP contribution in [0.5, 0.6) is 0 Å². The molecule has 7 aromatic rings. The summed E-state index contributed by atoms with van der Waals surface area (Å²) in [6, 6.07) is 60.7. The largest absolute Gasteiger partial charge is 0.399 e. The molecule has 0 amide bonds. The minimum absolute atomic E-state index is 0.749. The van der Waals surface area contributed by atoms with Crippen LogP contribution in [-0.4, -0.2) is 0 Å². The summed E-state index contributed by atoms with van der Waals surface area (Å²) in [5.41, 5.74) is 22.5. The lowest BCUT2D eigenvalue weighted by molar-refractivity contribution is 1.46. The second-order valence-corrected chi connectivity index (χ2v) is 11.2. The van der Waals surface area contributed by atoms with Gasteiger partial charge in [-0.1, -0.05) is 163 Å². The molecule has 44 heavy (non-hydrogen) atoms. The van der Waals surface area contributed by atoms with E-state index in [1.807, 2.05) is 12.1 Å². The van der Waals surface area contributed by atoms with Gasteiger partial charge in [-0.3, -0.25) is 0 Å². The maximum absolute atomic E-state index is 6.26. The van der Waals surface area contributed by atoms with Gasteiger partial charge in [-0.2, -0.15) is 0 Å². The van der Waals surface area contributed by atoms with E-state index in [1.54, 1.807) is 0 Å². The van der Waals surface area contributed by atoms with Crippen molar-refractivity contribution in [2.45, 2.75) is 6.92 Å². The van der Waals surface area contributed by atoms with Crippen molar-refractivity contribution in [1.29, 1.82) is 0 Å². The molecule has 0 unspecified atom stereocenters. The molecule has 0 bridgehead atoms. The first kappa shape index (κ1) is 27.2. The summed E-state index contributed by atoms with van der Waals surface area (Å²) >= 11 is 0. The number of aryl methyl sites for hydroxylation is 1. The molecule has 210 valence electrons. The monoisotopic (exact) mass is 563 g/mol. The molecule has 0 heterocycles. The summed E-state index contributed by atoms with van der Waals surface area (Å²) < 4.78 is 0. The molecule has 1 nitrogen and oxygen atoms in total. The van der Waals surface area contributed by atoms with E-state index in [1.165, 1.54) is 66.8 Å². The van der Waals surface area contributed by atoms with E-state index >= 15 is 0 Å². The maximum atomic E-state index is 6.26. The van der Waals surface area contributed by atoms with Crippen molar-refractivity contribution in [3.8, 4) is 66.8 Å². The SMILES string of the molecule is Cc1ccc(-c2c(-c3ccccc3)c(-c3ccccc3)c(-c3ccc(N)cc3)c(-c3ccccc3)c2-c2ccccc2)cc1. The molecular weight excluding hydrogens is 530 g/mol. The first-order valence-corrected chi connectivity index (χ1v) is 15.1. The fourth-order valence-corrected chi connectivity index (χ4v) is 6.27. The van der Waals surface area contributed by atoms with E-state index in [-0.39, 0.29) is 0 Å². The van der Waals surface area contributed by atoms with E-state index in [0.717, 1.165) is 11.3 Å². The van der Waals surface area contributed by atoms with Crippen molar-refractivity contribution in [2.24, 2.45) is 0 Å². The fraction of sp³-hybridized carbons (Fsp3) is 0.0233. The van der Waals surface area contributed by atoms with Crippen LogP contribution in [-0.2, 0) is 0 Å². The molecule has 1 heteroatoms. The standard InChI is InChI=1S/C43H33N/c1-30-22-24-35(25-23-30)42-38(31-14-6-2-7-15-31)40(33-18-10-4-11-19-33)43(36-26-28-37(44)29-27-36)41(34-20-12-5-13-21-34)39(42)32-16-8-3-9-17-32/h2-29H,44H2,1H3. The maximum Gasteiger partial charge on any atom is 0.0314 e. The highest BCUT2D eigenvalue weighted by Crippen LogP contribution is 2.55. The second-order valence-electron chi connectivity index (χ2n) is 11.2. The van der Waals surface area contributed by atoms with E-state index in [2.05, 4.69) is 165 Å². The number of anilines is 1. The first-order valence-electron chi connectivity index (χ1n) is 15.1. The average molecular weight is 564 g/mol. The molecule has 7 rings (SSSR count). The van der Waals surface area contributed by atoms with Gasteiger partial charge in [-0.05, 0) is 85.8 Å². The van der Waals surface area contributed by atoms with E-state index in [9.17, 15) is 0 Å². The van der Waals surface area contributed by atoms with Crippen LogP contribution in [0.4, 0.5) is 5.69 Å². The van der Waals surface area contributed by atoms with Crippen LogP contribution in [0, 0.1) is 6.92 Å². The van der Waals surface area contributed by atoms with Crippen LogP contribution >= 0.6 is 0 Å². The number of nitrogens with two attached hydrogens (primary N) is 1. The highest BCUT2D eigenvalue weighted by molar-refractivity contribution is 6.15. The Kier molecular flexibility index (Phi) is 7.36. The zero-order valence-corrected chi connectivity index (χ0v) is 24.7. The lowest BCUT2D eigenvalue weighted by atomic mass is 9.74. The van der Waals surface area contributed by atoms with Crippen LogP contribution in [0.25, 0.3) is 66.8 Å². The number of benzene rings is 7. The lowest BCUT2D eigenvalue weighted by Gasteiger charge is -2.29. The molecule has 0 radical (unpaired) electrons. The molecule has 0 aliphatic rings. The molecule has 0 atom stereocenters. The Labute approximate surface area is 259 Å². The van der Waals surface area contributed by atoms with Crippen LogP contribution in [0.15, 0.2) is 170 Å². The Morgan fingerprint density at radius 1 is 0.273 bits per heavy atom.